The van der Waals surface area contributed by atoms with Crippen molar-refractivity contribution in [2.24, 2.45) is 0 Å². The van der Waals surface area contributed by atoms with Gasteiger partial charge in [0, 0.05) is 18.1 Å². The molecule has 1 rings (SSSR count). The van der Waals surface area contributed by atoms with Crippen molar-refractivity contribution in [3.63, 3.8) is 0 Å². The van der Waals surface area contributed by atoms with E-state index in [9.17, 15) is 0 Å². The molecule has 1 N–H and O–H groups in total. The summed E-state index contributed by atoms with van der Waals surface area (Å²) in [6.07, 6.45) is 9.45. The van der Waals surface area contributed by atoms with E-state index < -0.39 is 0 Å². The van der Waals surface area contributed by atoms with Crippen molar-refractivity contribution in [3.8, 4) is 0 Å². The van der Waals surface area contributed by atoms with Crippen LogP contribution in [0.15, 0.2) is 0 Å². The molecule has 2 heteroatoms. The van der Waals surface area contributed by atoms with Crippen LogP contribution in [0, 0.1) is 0 Å². The van der Waals surface area contributed by atoms with E-state index in [1.54, 1.807) is 0 Å². The van der Waals surface area contributed by atoms with E-state index in [0.717, 1.165) is 18.1 Å². The summed E-state index contributed by atoms with van der Waals surface area (Å²) in [4.78, 5) is 2.63. The zero-order valence-corrected chi connectivity index (χ0v) is 12.3. The van der Waals surface area contributed by atoms with E-state index in [2.05, 4.69) is 38.0 Å². The van der Waals surface area contributed by atoms with Crippen molar-refractivity contribution in [1.82, 2.24) is 10.2 Å². The lowest BCUT2D eigenvalue weighted by Gasteiger charge is -2.41. The molecule has 0 aromatic carbocycles. The van der Waals surface area contributed by atoms with E-state index >= 15 is 0 Å². The van der Waals surface area contributed by atoms with Crippen LogP contribution in [0.4, 0.5) is 0 Å². The van der Waals surface area contributed by atoms with Gasteiger partial charge >= 0.3 is 0 Å². The third-order valence-electron chi connectivity index (χ3n) is 4.31. The molecule has 0 aromatic rings. The second-order valence-electron chi connectivity index (χ2n) is 5.72. The first kappa shape index (κ1) is 15.0. The molecule has 0 spiro atoms. The Hall–Kier alpha value is -0.0800. The van der Waals surface area contributed by atoms with Gasteiger partial charge in [-0.3, -0.25) is 4.90 Å². The molecule has 102 valence electrons. The second kappa shape index (κ2) is 8.10. The predicted molar refractivity (Wildman–Crippen MR) is 76.5 cm³/mol. The van der Waals surface area contributed by atoms with Crippen LogP contribution in [0.5, 0.6) is 0 Å². The fourth-order valence-electron chi connectivity index (χ4n) is 3.11. The van der Waals surface area contributed by atoms with Crippen LogP contribution >= 0.6 is 0 Å². The molecule has 0 aliphatic heterocycles. The van der Waals surface area contributed by atoms with Crippen LogP contribution in [0.25, 0.3) is 0 Å². The van der Waals surface area contributed by atoms with Gasteiger partial charge in [-0.1, -0.05) is 33.1 Å². The molecule has 1 saturated carbocycles. The van der Waals surface area contributed by atoms with Gasteiger partial charge < -0.3 is 5.32 Å². The van der Waals surface area contributed by atoms with Crippen molar-refractivity contribution in [2.75, 3.05) is 13.6 Å². The maximum Gasteiger partial charge on any atom is 0.0249 e. The molecular weight excluding hydrogens is 208 g/mol. The number of rotatable bonds is 7. The standard InChI is InChI=1S/C15H32N2/c1-5-9-13(3)17(4)15-11-8-7-10-14(15)16-12-6-2/h13-16H,5-12H2,1-4H3. The van der Waals surface area contributed by atoms with Gasteiger partial charge in [-0.2, -0.15) is 0 Å². The average molecular weight is 240 g/mol. The molecule has 0 bridgehead atoms. The van der Waals surface area contributed by atoms with Crippen LogP contribution in [0.1, 0.15) is 65.7 Å². The van der Waals surface area contributed by atoms with Gasteiger partial charge in [0.2, 0.25) is 0 Å². The number of hydrogen-bond donors (Lipinski definition) is 1. The van der Waals surface area contributed by atoms with Crippen molar-refractivity contribution in [1.29, 1.82) is 0 Å². The van der Waals surface area contributed by atoms with E-state index in [0.29, 0.717) is 0 Å². The summed E-state index contributed by atoms with van der Waals surface area (Å²) in [6.45, 7) is 8.11. The summed E-state index contributed by atoms with van der Waals surface area (Å²) in [6, 6.07) is 2.22. The van der Waals surface area contributed by atoms with Gasteiger partial charge in [-0.05, 0) is 46.2 Å². The minimum absolute atomic E-state index is 0.730. The number of nitrogens with zero attached hydrogens (tertiary/aromatic N) is 1. The fourth-order valence-corrected chi connectivity index (χ4v) is 3.11. The van der Waals surface area contributed by atoms with E-state index in [1.807, 2.05) is 0 Å². The molecule has 1 aliphatic carbocycles. The summed E-state index contributed by atoms with van der Waals surface area (Å²) >= 11 is 0. The molecule has 1 fully saturated rings. The van der Waals surface area contributed by atoms with Gasteiger partial charge in [0.15, 0.2) is 0 Å². The Morgan fingerprint density at radius 1 is 1.18 bits per heavy atom. The molecule has 3 unspecified atom stereocenters. The molecule has 1 aliphatic rings. The highest BCUT2D eigenvalue weighted by Crippen LogP contribution is 2.24. The average Bonchev–Trinajstić information content (AvgIpc) is 2.36. The zero-order valence-electron chi connectivity index (χ0n) is 12.3. The lowest BCUT2D eigenvalue weighted by Crippen LogP contribution is -2.53. The normalized spacial score (nSPS) is 27.4. The lowest BCUT2D eigenvalue weighted by atomic mass is 9.88. The minimum atomic E-state index is 0.730. The summed E-state index contributed by atoms with van der Waals surface area (Å²) in [5, 5.41) is 3.76. The molecule has 2 nitrogen and oxygen atoms in total. The topological polar surface area (TPSA) is 15.3 Å². The first-order chi connectivity index (χ1) is 8.20. The summed E-state index contributed by atoms with van der Waals surface area (Å²) in [5.74, 6) is 0. The Bertz CT molecular complexity index is 191. The molecule has 0 radical (unpaired) electrons. The summed E-state index contributed by atoms with van der Waals surface area (Å²) in [5.41, 5.74) is 0. The highest BCUT2D eigenvalue weighted by Gasteiger charge is 2.29. The molecule has 0 amide bonds. The van der Waals surface area contributed by atoms with Crippen molar-refractivity contribution in [2.45, 2.75) is 83.8 Å². The summed E-state index contributed by atoms with van der Waals surface area (Å²) in [7, 11) is 2.33. The van der Waals surface area contributed by atoms with Crippen LogP contribution in [0.2, 0.25) is 0 Å². The molecule has 3 atom stereocenters. The predicted octanol–water partition coefficient (Wildman–Crippen LogP) is 3.42. The Morgan fingerprint density at radius 3 is 2.53 bits per heavy atom. The van der Waals surface area contributed by atoms with Crippen LogP contribution in [-0.4, -0.2) is 36.6 Å². The second-order valence-corrected chi connectivity index (χ2v) is 5.72. The molecule has 0 saturated heterocycles. The maximum atomic E-state index is 3.76. The molecule has 0 heterocycles. The van der Waals surface area contributed by atoms with Crippen molar-refractivity contribution < 1.29 is 0 Å². The summed E-state index contributed by atoms with van der Waals surface area (Å²) < 4.78 is 0. The van der Waals surface area contributed by atoms with Gasteiger partial charge in [0.05, 0.1) is 0 Å². The molecule has 0 aromatic heterocycles. The van der Waals surface area contributed by atoms with Crippen LogP contribution in [0.3, 0.4) is 0 Å². The largest absolute Gasteiger partial charge is 0.312 e. The maximum absolute atomic E-state index is 3.76. The highest BCUT2D eigenvalue weighted by atomic mass is 15.2. The number of likely N-dealkylation sites (N-methyl/N-ethyl adjacent to an activating group) is 1. The number of nitrogens with one attached hydrogen (secondary N) is 1. The molecule has 17 heavy (non-hydrogen) atoms. The van der Waals surface area contributed by atoms with E-state index in [-0.39, 0.29) is 0 Å². The first-order valence-electron chi connectivity index (χ1n) is 7.66. The highest BCUT2D eigenvalue weighted by molar-refractivity contribution is 4.88. The van der Waals surface area contributed by atoms with Crippen molar-refractivity contribution in [3.05, 3.63) is 0 Å². The quantitative estimate of drug-likeness (QED) is 0.733. The smallest absolute Gasteiger partial charge is 0.0249 e. The van der Waals surface area contributed by atoms with E-state index in [1.165, 1.54) is 51.5 Å². The van der Waals surface area contributed by atoms with Gasteiger partial charge in [0.25, 0.3) is 0 Å². The third-order valence-corrected chi connectivity index (χ3v) is 4.31. The van der Waals surface area contributed by atoms with Crippen molar-refractivity contribution >= 4 is 0 Å². The minimum Gasteiger partial charge on any atom is -0.312 e. The Balaban J connectivity index is 2.50. The Kier molecular flexibility index (Phi) is 7.14. The van der Waals surface area contributed by atoms with Crippen LogP contribution < -0.4 is 5.32 Å². The molecular formula is C15H32N2. The first-order valence-corrected chi connectivity index (χ1v) is 7.66. The van der Waals surface area contributed by atoms with Gasteiger partial charge in [-0.15, -0.1) is 0 Å². The fraction of sp³-hybridized carbons (Fsp3) is 1.00. The van der Waals surface area contributed by atoms with Gasteiger partial charge in [-0.25, -0.2) is 0 Å². The van der Waals surface area contributed by atoms with Gasteiger partial charge in [0.1, 0.15) is 0 Å². The van der Waals surface area contributed by atoms with E-state index in [4.69, 9.17) is 0 Å². The third kappa shape index (κ3) is 4.59. The Labute approximate surface area is 108 Å². The monoisotopic (exact) mass is 240 g/mol. The zero-order chi connectivity index (χ0) is 12.7. The SMILES string of the molecule is CCCNC1CCCCC1N(C)C(C)CCC. The number of hydrogen-bond acceptors (Lipinski definition) is 2. The lowest BCUT2D eigenvalue weighted by molar-refractivity contribution is 0.109. The van der Waals surface area contributed by atoms with Crippen LogP contribution in [-0.2, 0) is 0 Å². The Morgan fingerprint density at radius 2 is 1.88 bits per heavy atom.